The molecule has 6 rings (SSSR count). The van der Waals surface area contributed by atoms with Gasteiger partial charge in [-0.1, -0.05) is 37.5 Å². The van der Waals surface area contributed by atoms with Gasteiger partial charge in [0.05, 0.1) is 18.2 Å². The maximum Gasteiger partial charge on any atom is 0.253 e. The van der Waals surface area contributed by atoms with Crippen molar-refractivity contribution in [2.45, 2.75) is 83.4 Å². The molecule has 35 heavy (non-hydrogen) atoms. The van der Waals surface area contributed by atoms with Crippen LogP contribution < -0.4 is 5.56 Å². The lowest BCUT2D eigenvalue weighted by molar-refractivity contribution is 0.0326. The number of hydrogen-bond donors (Lipinski definition) is 1. The highest BCUT2D eigenvalue weighted by Crippen LogP contribution is 2.45. The Morgan fingerprint density at radius 1 is 1.17 bits per heavy atom. The molecular weight excluding hydrogens is 440 g/mol. The van der Waals surface area contributed by atoms with E-state index in [1.54, 1.807) is 0 Å². The van der Waals surface area contributed by atoms with E-state index in [9.17, 15) is 4.79 Å². The Bertz CT molecular complexity index is 1230. The number of nitrogens with zero attached hydrogens (tertiary/aromatic N) is 5. The molecule has 3 aromatic rings. The van der Waals surface area contributed by atoms with Gasteiger partial charge in [0.15, 0.2) is 5.82 Å². The van der Waals surface area contributed by atoms with Crippen LogP contribution in [-0.4, -0.2) is 55.9 Å². The van der Waals surface area contributed by atoms with E-state index in [2.05, 4.69) is 37.5 Å². The van der Waals surface area contributed by atoms with Gasteiger partial charge >= 0.3 is 0 Å². The molecule has 2 saturated heterocycles. The summed E-state index contributed by atoms with van der Waals surface area (Å²) in [5.41, 5.74) is 3.01. The number of nitrogens with one attached hydrogen (secondary N) is 1. The van der Waals surface area contributed by atoms with Gasteiger partial charge in [-0.25, -0.2) is 4.68 Å². The fourth-order valence-electron chi connectivity index (χ4n) is 6.80. The number of likely N-dealkylation sites (tertiary alicyclic amines) is 1. The number of benzene rings is 1. The van der Waals surface area contributed by atoms with Gasteiger partial charge in [-0.15, -0.1) is 5.10 Å². The monoisotopic (exact) mass is 476 g/mol. The van der Waals surface area contributed by atoms with Crippen molar-refractivity contribution in [1.29, 1.82) is 0 Å². The maximum absolute atomic E-state index is 13.6. The standard InChI is InChI=1S/C27H36N6O2/c1-19-8-5-9-20-16-22(26(34)28-23(19)20)24(25-29-30-31-33(25)17-21-10-6-15-35-21)32-14-7-13-27(18-32)11-3-2-4-12-27/h5,8-9,16,21,24H,2-4,6-7,10-15,17-18H2,1H3,(H,28,34)/t21-,24-/m1/s1. The first-order chi connectivity index (χ1) is 17.1. The first-order valence-electron chi connectivity index (χ1n) is 13.4. The third kappa shape index (κ3) is 4.42. The fourth-order valence-corrected chi connectivity index (χ4v) is 6.80. The van der Waals surface area contributed by atoms with E-state index in [-0.39, 0.29) is 17.7 Å². The molecule has 2 aliphatic heterocycles. The molecule has 1 aromatic carbocycles. The summed E-state index contributed by atoms with van der Waals surface area (Å²) in [6.07, 6.45) is 11.2. The lowest BCUT2D eigenvalue weighted by Gasteiger charge is -2.47. The van der Waals surface area contributed by atoms with Crippen LogP contribution in [0.2, 0.25) is 0 Å². The summed E-state index contributed by atoms with van der Waals surface area (Å²) < 4.78 is 7.79. The van der Waals surface area contributed by atoms with E-state index in [4.69, 9.17) is 4.74 Å². The highest BCUT2D eigenvalue weighted by Gasteiger charge is 2.41. The van der Waals surface area contributed by atoms with Crippen molar-refractivity contribution in [3.63, 3.8) is 0 Å². The third-order valence-electron chi connectivity index (χ3n) is 8.59. The summed E-state index contributed by atoms with van der Waals surface area (Å²) in [7, 11) is 0. The Balaban J connectivity index is 1.44. The molecule has 1 spiro atoms. The van der Waals surface area contributed by atoms with Crippen molar-refractivity contribution >= 4 is 10.9 Å². The highest BCUT2D eigenvalue weighted by molar-refractivity contribution is 5.82. The van der Waals surface area contributed by atoms with E-state index in [1.165, 1.54) is 38.5 Å². The molecule has 0 bridgehead atoms. The van der Waals surface area contributed by atoms with Crippen molar-refractivity contribution < 1.29 is 4.74 Å². The molecule has 3 aliphatic rings. The quantitative estimate of drug-likeness (QED) is 0.595. The summed E-state index contributed by atoms with van der Waals surface area (Å²) >= 11 is 0. The second-order valence-electron chi connectivity index (χ2n) is 11.0. The minimum atomic E-state index is -0.279. The van der Waals surface area contributed by atoms with E-state index in [0.717, 1.165) is 66.8 Å². The van der Waals surface area contributed by atoms with Crippen LogP contribution in [0.1, 0.15) is 80.8 Å². The molecule has 186 valence electrons. The van der Waals surface area contributed by atoms with Gasteiger partial charge in [0, 0.05) is 18.7 Å². The average Bonchev–Trinajstić information content (AvgIpc) is 3.54. The van der Waals surface area contributed by atoms with E-state index >= 15 is 0 Å². The predicted molar refractivity (Wildman–Crippen MR) is 134 cm³/mol. The van der Waals surface area contributed by atoms with Crippen LogP contribution in [0, 0.1) is 12.3 Å². The number of tetrazole rings is 1. The average molecular weight is 477 g/mol. The molecular formula is C27H36N6O2. The van der Waals surface area contributed by atoms with Crippen LogP contribution in [0.15, 0.2) is 29.1 Å². The van der Waals surface area contributed by atoms with Gasteiger partial charge in [-0.2, -0.15) is 0 Å². The molecule has 2 aromatic heterocycles. The molecule has 0 radical (unpaired) electrons. The van der Waals surface area contributed by atoms with Gasteiger partial charge in [0.2, 0.25) is 0 Å². The lowest BCUT2D eigenvalue weighted by atomic mass is 9.69. The first kappa shape index (κ1) is 22.9. The van der Waals surface area contributed by atoms with E-state index < -0.39 is 0 Å². The van der Waals surface area contributed by atoms with Crippen LogP contribution in [0.25, 0.3) is 10.9 Å². The Kier molecular flexibility index (Phi) is 6.18. The predicted octanol–water partition coefficient (Wildman–Crippen LogP) is 4.14. The Labute approximate surface area is 206 Å². The molecule has 1 aliphatic carbocycles. The SMILES string of the molecule is Cc1cccc2cc([C@H](c3nnnn3C[C@H]3CCCO3)N3CCCC4(CCCCC4)C3)c(=O)[nH]c12. The topological polar surface area (TPSA) is 88.9 Å². The summed E-state index contributed by atoms with van der Waals surface area (Å²) in [6, 6.07) is 7.95. The smallest absolute Gasteiger partial charge is 0.253 e. The van der Waals surface area contributed by atoms with Crippen LogP contribution in [0.4, 0.5) is 0 Å². The molecule has 2 atom stereocenters. The number of fused-ring (bicyclic) bond motifs is 1. The Morgan fingerprint density at radius 3 is 2.86 bits per heavy atom. The first-order valence-corrected chi connectivity index (χ1v) is 13.4. The Morgan fingerprint density at radius 2 is 2.03 bits per heavy atom. The molecule has 3 fully saturated rings. The highest BCUT2D eigenvalue weighted by atomic mass is 16.5. The summed E-state index contributed by atoms with van der Waals surface area (Å²) in [5.74, 6) is 0.755. The molecule has 0 amide bonds. The van der Waals surface area contributed by atoms with Crippen molar-refractivity contribution in [2.75, 3.05) is 19.7 Å². The lowest BCUT2D eigenvalue weighted by Crippen LogP contribution is -2.47. The number of aromatic nitrogens is 5. The normalized spacial score (nSPS) is 23.7. The molecule has 0 unspecified atom stereocenters. The summed E-state index contributed by atoms with van der Waals surface area (Å²) in [4.78, 5) is 19.3. The molecule has 1 saturated carbocycles. The second-order valence-corrected chi connectivity index (χ2v) is 11.0. The molecule has 8 heteroatoms. The number of aromatic amines is 1. The summed E-state index contributed by atoms with van der Waals surface area (Å²) in [5, 5.41) is 14.0. The van der Waals surface area contributed by atoms with Gasteiger partial charge in [-0.3, -0.25) is 9.69 Å². The molecule has 4 heterocycles. The number of aryl methyl sites for hydroxylation is 1. The van der Waals surface area contributed by atoms with Gasteiger partial charge in [0.1, 0.15) is 6.04 Å². The number of rotatable bonds is 5. The minimum Gasteiger partial charge on any atom is -0.376 e. The zero-order valence-corrected chi connectivity index (χ0v) is 20.7. The van der Waals surface area contributed by atoms with Crippen LogP contribution >= 0.6 is 0 Å². The summed E-state index contributed by atoms with van der Waals surface area (Å²) in [6.45, 7) is 5.40. The van der Waals surface area contributed by atoms with Crippen LogP contribution in [0.5, 0.6) is 0 Å². The van der Waals surface area contributed by atoms with Crippen LogP contribution in [0.3, 0.4) is 0 Å². The Hall–Kier alpha value is -2.58. The minimum absolute atomic E-state index is 0.0493. The number of ether oxygens (including phenoxy) is 1. The van der Waals surface area contributed by atoms with Crippen LogP contribution in [-0.2, 0) is 11.3 Å². The van der Waals surface area contributed by atoms with Gasteiger partial charge < -0.3 is 9.72 Å². The van der Waals surface area contributed by atoms with Gasteiger partial charge in [-0.05, 0) is 84.9 Å². The molecule has 8 nitrogen and oxygen atoms in total. The number of para-hydroxylation sites is 1. The zero-order chi connectivity index (χ0) is 23.8. The van der Waals surface area contributed by atoms with Crippen molar-refractivity contribution in [1.82, 2.24) is 30.1 Å². The van der Waals surface area contributed by atoms with Gasteiger partial charge in [0.25, 0.3) is 5.56 Å². The molecule has 1 N–H and O–H groups in total. The third-order valence-corrected chi connectivity index (χ3v) is 8.59. The number of H-pyrrole nitrogens is 1. The number of piperidine rings is 1. The number of hydrogen-bond acceptors (Lipinski definition) is 6. The maximum atomic E-state index is 13.6. The fraction of sp³-hybridized carbons (Fsp3) is 0.630. The number of pyridine rings is 1. The largest absolute Gasteiger partial charge is 0.376 e. The van der Waals surface area contributed by atoms with Crippen molar-refractivity contribution in [2.24, 2.45) is 5.41 Å². The second kappa shape index (κ2) is 9.47. The van der Waals surface area contributed by atoms with Crippen molar-refractivity contribution in [3.05, 3.63) is 51.6 Å². The van der Waals surface area contributed by atoms with E-state index in [0.29, 0.717) is 12.0 Å². The zero-order valence-electron chi connectivity index (χ0n) is 20.7. The van der Waals surface area contributed by atoms with Crippen molar-refractivity contribution in [3.8, 4) is 0 Å². The van der Waals surface area contributed by atoms with E-state index in [1.807, 2.05) is 23.7 Å².